The van der Waals surface area contributed by atoms with Crippen LogP contribution in [0.15, 0.2) is 46.9 Å². The van der Waals surface area contributed by atoms with Gasteiger partial charge in [-0.2, -0.15) is 0 Å². The van der Waals surface area contributed by atoms with Crippen LogP contribution in [0.25, 0.3) is 0 Å². The molecule has 2 aromatic rings. The molecule has 1 unspecified atom stereocenters. The summed E-state index contributed by atoms with van der Waals surface area (Å²) in [5.41, 5.74) is 2.76. The predicted octanol–water partition coefficient (Wildman–Crippen LogP) is 4.11. The Morgan fingerprint density at radius 1 is 1.29 bits per heavy atom. The maximum absolute atomic E-state index is 13.3. The van der Waals surface area contributed by atoms with E-state index in [0.717, 1.165) is 16.9 Å². The number of rotatable bonds is 2. The van der Waals surface area contributed by atoms with Gasteiger partial charge in [-0.25, -0.2) is 4.39 Å². The lowest BCUT2D eigenvalue weighted by Crippen LogP contribution is -2.35. The number of hydrogen-bond donors (Lipinski definition) is 1. The van der Waals surface area contributed by atoms with Gasteiger partial charge in [-0.1, -0.05) is 18.2 Å². The van der Waals surface area contributed by atoms with Gasteiger partial charge in [0.05, 0.1) is 16.9 Å². The first kappa shape index (κ1) is 14.1. The molecule has 0 saturated heterocycles. The molecule has 1 atom stereocenters. The Labute approximate surface area is 130 Å². The van der Waals surface area contributed by atoms with Gasteiger partial charge in [0, 0.05) is 18.4 Å². The fraction of sp³-hybridized carbons (Fsp3) is 0.188. The molecule has 0 spiro atoms. The highest BCUT2D eigenvalue weighted by atomic mass is 79.9. The molecule has 5 heteroatoms. The number of nitrogens with one attached hydrogen (secondary N) is 1. The Morgan fingerprint density at radius 3 is 2.81 bits per heavy atom. The topological polar surface area (TPSA) is 32.3 Å². The number of fused-ring (bicyclic) bond motifs is 1. The lowest BCUT2D eigenvalue weighted by molar-refractivity contribution is -0.118. The van der Waals surface area contributed by atoms with Crippen molar-refractivity contribution in [1.82, 2.24) is 0 Å². The minimum absolute atomic E-state index is 0.0624. The van der Waals surface area contributed by atoms with Crippen molar-refractivity contribution in [2.24, 2.45) is 0 Å². The van der Waals surface area contributed by atoms with Gasteiger partial charge >= 0.3 is 0 Å². The molecule has 0 bridgehead atoms. The Morgan fingerprint density at radius 2 is 2.05 bits per heavy atom. The molecular formula is C16H14BrFN2O. The van der Waals surface area contributed by atoms with Crippen molar-refractivity contribution in [1.29, 1.82) is 0 Å². The number of halogens is 2. The summed E-state index contributed by atoms with van der Waals surface area (Å²) in [4.78, 5) is 13.8. The van der Waals surface area contributed by atoms with Crippen LogP contribution in [0.3, 0.4) is 0 Å². The van der Waals surface area contributed by atoms with Crippen molar-refractivity contribution in [3.8, 4) is 0 Å². The predicted molar refractivity (Wildman–Crippen MR) is 84.9 cm³/mol. The van der Waals surface area contributed by atoms with Crippen LogP contribution >= 0.6 is 15.9 Å². The van der Waals surface area contributed by atoms with Crippen molar-refractivity contribution in [2.45, 2.75) is 12.5 Å². The third-order valence-electron chi connectivity index (χ3n) is 3.69. The van der Waals surface area contributed by atoms with Gasteiger partial charge in [0.15, 0.2) is 0 Å². The van der Waals surface area contributed by atoms with E-state index in [2.05, 4.69) is 21.2 Å². The quantitative estimate of drug-likeness (QED) is 0.885. The van der Waals surface area contributed by atoms with Crippen molar-refractivity contribution < 1.29 is 9.18 Å². The molecule has 21 heavy (non-hydrogen) atoms. The zero-order valence-electron chi connectivity index (χ0n) is 11.4. The first-order valence-electron chi connectivity index (χ1n) is 6.63. The third-order valence-corrected chi connectivity index (χ3v) is 4.29. The number of carbonyl (C=O) groups excluding carboxylic acids is 1. The van der Waals surface area contributed by atoms with Crippen LogP contribution < -0.4 is 10.2 Å². The third kappa shape index (κ3) is 2.65. The first-order valence-corrected chi connectivity index (χ1v) is 7.42. The van der Waals surface area contributed by atoms with Crippen molar-refractivity contribution in [3.63, 3.8) is 0 Å². The van der Waals surface area contributed by atoms with E-state index in [4.69, 9.17) is 0 Å². The second-order valence-electron chi connectivity index (χ2n) is 5.04. The van der Waals surface area contributed by atoms with Gasteiger partial charge in [0.2, 0.25) is 5.91 Å². The standard InChI is InChI=1S/C16H14BrFN2O/c1-20-15-5-3-2-4-11(15)14(9-16(20)21)19-10-6-7-13(18)12(17)8-10/h2-8,14,19H,9H2,1H3. The molecule has 1 amide bonds. The zero-order chi connectivity index (χ0) is 15.0. The Balaban J connectivity index is 1.93. The highest BCUT2D eigenvalue weighted by Gasteiger charge is 2.28. The zero-order valence-corrected chi connectivity index (χ0v) is 13.0. The fourth-order valence-electron chi connectivity index (χ4n) is 2.56. The number of para-hydroxylation sites is 1. The van der Waals surface area contributed by atoms with Crippen molar-refractivity contribution in [3.05, 3.63) is 58.3 Å². The van der Waals surface area contributed by atoms with E-state index in [0.29, 0.717) is 10.9 Å². The minimum Gasteiger partial charge on any atom is -0.378 e. The molecule has 2 aromatic carbocycles. The van der Waals surface area contributed by atoms with Crippen LogP contribution in [0.4, 0.5) is 15.8 Å². The minimum atomic E-state index is -0.305. The van der Waals surface area contributed by atoms with Crippen LogP contribution in [0.2, 0.25) is 0 Å². The molecule has 1 aliphatic rings. The van der Waals surface area contributed by atoms with Gasteiger partial charge in [-0.15, -0.1) is 0 Å². The summed E-state index contributed by atoms with van der Waals surface area (Å²) in [5.74, 6) is -0.243. The second-order valence-corrected chi connectivity index (χ2v) is 5.90. The summed E-state index contributed by atoms with van der Waals surface area (Å²) >= 11 is 3.17. The molecule has 1 heterocycles. The Hall–Kier alpha value is -1.88. The average Bonchev–Trinajstić information content (AvgIpc) is 2.48. The van der Waals surface area contributed by atoms with E-state index in [-0.39, 0.29) is 17.8 Å². The molecule has 0 radical (unpaired) electrons. The van der Waals surface area contributed by atoms with E-state index in [9.17, 15) is 9.18 Å². The fourth-order valence-corrected chi connectivity index (χ4v) is 2.94. The monoisotopic (exact) mass is 348 g/mol. The summed E-state index contributed by atoms with van der Waals surface area (Å²) < 4.78 is 13.7. The lowest BCUT2D eigenvalue weighted by atomic mass is 9.96. The smallest absolute Gasteiger partial charge is 0.229 e. The number of amides is 1. The number of hydrogen-bond acceptors (Lipinski definition) is 2. The number of carbonyl (C=O) groups is 1. The molecule has 1 aliphatic heterocycles. The maximum atomic E-state index is 13.3. The van der Waals surface area contributed by atoms with E-state index < -0.39 is 0 Å². The largest absolute Gasteiger partial charge is 0.378 e. The van der Waals surface area contributed by atoms with E-state index in [1.165, 1.54) is 6.07 Å². The van der Waals surface area contributed by atoms with Crippen LogP contribution in [-0.2, 0) is 4.79 Å². The molecule has 0 fully saturated rings. The van der Waals surface area contributed by atoms with Gasteiger partial charge in [0.25, 0.3) is 0 Å². The molecule has 0 aromatic heterocycles. The highest BCUT2D eigenvalue weighted by Crippen LogP contribution is 2.36. The Bertz CT molecular complexity index is 704. The van der Waals surface area contributed by atoms with E-state index in [1.54, 1.807) is 24.1 Å². The molecule has 3 rings (SSSR count). The summed E-state index contributed by atoms with van der Waals surface area (Å²) in [6.45, 7) is 0. The molecular weight excluding hydrogens is 335 g/mol. The van der Waals surface area contributed by atoms with Gasteiger partial charge in [-0.05, 0) is 45.8 Å². The number of anilines is 2. The summed E-state index contributed by atoms with van der Waals surface area (Å²) in [7, 11) is 1.78. The maximum Gasteiger partial charge on any atom is 0.229 e. The van der Waals surface area contributed by atoms with Crippen LogP contribution in [0.5, 0.6) is 0 Å². The summed E-state index contributed by atoms with van der Waals surface area (Å²) in [6.07, 6.45) is 0.377. The Kier molecular flexibility index (Phi) is 3.68. The van der Waals surface area contributed by atoms with Gasteiger partial charge in [0.1, 0.15) is 5.82 Å². The normalized spacial score (nSPS) is 17.6. The first-order chi connectivity index (χ1) is 10.1. The van der Waals surface area contributed by atoms with Gasteiger partial charge in [-0.3, -0.25) is 4.79 Å². The van der Waals surface area contributed by atoms with Crippen LogP contribution in [-0.4, -0.2) is 13.0 Å². The SMILES string of the molecule is CN1C(=O)CC(Nc2ccc(F)c(Br)c2)c2ccccc21. The highest BCUT2D eigenvalue weighted by molar-refractivity contribution is 9.10. The van der Waals surface area contributed by atoms with Crippen LogP contribution in [0.1, 0.15) is 18.0 Å². The molecule has 1 N–H and O–H groups in total. The number of nitrogens with zero attached hydrogens (tertiary/aromatic N) is 1. The van der Waals surface area contributed by atoms with Crippen molar-refractivity contribution >= 4 is 33.2 Å². The summed E-state index contributed by atoms with van der Waals surface area (Å²) in [6, 6.07) is 12.5. The lowest BCUT2D eigenvalue weighted by Gasteiger charge is -2.32. The average molecular weight is 349 g/mol. The van der Waals surface area contributed by atoms with Gasteiger partial charge < -0.3 is 10.2 Å². The molecule has 0 aliphatic carbocycles. The van der Waals surface area contributed by atoms with E-state index >= 15 is 0 Å². The molecule has 0 saturated carbocycles. The molecule has 3 nitrogen and oxygen atoms in total. The number of benzene rings is 2. The van der Waals surface area contributed by atoms with Crippen LogP contribution in [0, 0.1) is 5.82 Å². The van der Waals surface area contributed by atoms with E-state index in [1.807, 2.05) is 24.3 Å². The molecule has 108 valence electrons. The second kappa shape index (κ2) is 5.48. The summed E-state index contributed by atoms with van der Waals surface area (Å²) in [5, 5.41) is 3.31. The van der Waals surface area contributed by atoms with Crippen molar-refractivity contribution in [2.75, 3.05) is 17.3 Å².